The van der Waals surface area contributed by atoms with E-state index in [4.69, 9.17) is 26.2 Å². The zero-order valence-electron chi connectivity index (χ0n) is 30.3. The number of carbonyl (C=O) groups excluding carboxylic acids is 4. The number of carbonyl (C=O) groups is 4. The lowest BCUT2D eigenvalue weighted by Crippen LogP contribution is -2.41. The van der Waals surface area contributed by atoms with E-state index in [1.165, 1.54) is 46.1 Å². The van der Waals surface area contributed by atoms with Crippen LogP contribution >= 0.6 is 11.6 Å². The molecule has 8 rings (SSSR count). The molecule has 2 aliphatic rings. The Hall–Kier alpha value is -6.34. The molecule has 0 spiro atoms. The lowest BCUT2D eigenvalue weighted by molar-refractivity contribution is -0.145. The van der Waals surface area contributed by atoms with Crippen molar-refractivity contribution in [2.45, 2.75) is 44.4 Å². The molecule has 12 nitrogen and oxygen atoms in total. The third-order valence-corrected chi connectivity index (χ3v) is 10.5. The zero-order chi connectivity index (χ0) is 38.9. The van der Waals surface area contributed by atoms with E-state index in [-0.39, 0.29) is 35.4 Å². The Morgan fingerprint density at radius 3 is 2.39 bits per heavy atom. The predicted molar refractivity (Wildman–Crippen MR) is 205 cm³/mol. The van der Waals surface area contributed by atoms with Crippen LogP contribution in [-0.2, 0) is 16.1 Å². The summed E-state index contributed by atoms with van der Waals surface area (Å²) in [6.07, 6.45) is 6.96. The molecule has 0 N–H and O–H groups in total. The summed E-state index contributed by atoms with van der Waals surface area (Å²) in [5.74, 6) is -1.37. The Kier molecular flexibility index (Phi) is 10.1. The maximum Gasteiger partial charge on any atom is 0.328 e. The number of halogens is 2. The molecule has 6 aromatic rings. The molecule has 56 heavy (non-hydrogen) atoms. The summed E-state index contributed by atoms with van der Waals surface area (Å²) in [6, 6.07) is 23.5. The van der Waals surface area contributed by atoms with E-state index in [9.17, 15) is 23.6 Å². The van der Waals surface area contributed by atoms with Gasteiger partial charge in [-0.1, -0.05) is 48.0 Å². The molecule has 2 aromatic heterocycles. The SMILES string of the molecule is COC(=O)[C@@H]1C[C@H](Oc2cccc(-c3cccc4nn(CCCCCN5C(=O)c6ccccc6C5=O)cc34)c2)CN1C(=O)c1cnn(-c2ccc(F)cc2Cl)c1. The number of hydrogen-bond acceptors (Lipinski definition) is 8. The first kappa shape index (κ1) is 36.6. The van der Waals surface area contributed by atoms with Crippen molar-refractivity contribution in [1.29, 1.82) is 0 Å². The highest BCUT2D eigenvalue weighted by atomic mass is 35.5. The number of methoxy groups -OCH3 is 1. The van der Waals surface area contributed by atoms with Crippen molar-refractivity contribution >= 4 is 46.2 Å². The standard InChI is InChI=1S/C42H36ClFN6O6/c1-55-42(54)38-21-30(24-49(38)39(51)27-22-45-50(23-27)37-16-15-28(44)20-35(37)43)56-29-10-7-9-26(19-29)31-13-8-14-36-34(31)25-47(46-36)17-5-2-6-18-48-40(52)32-11-3-4-12-33(32)41(48)53/h3-4,7-16,19-20,22-23,25,30,38H,2,5-6,17-18,21,24H2,1H3/t30-,38-/m0/s1. The van der Waals surface area contributed by atoms with Crippen LogP contribution in [0, 0.1) is 5.82 Å². The Labute approximate surface area is 326 Å². The summed E-state index contributed by atoms with van der Waals surface area (Å²) >= 11 is 6.21. The van der Waals surface area contributed by atoms with Crippen molar-refractivity contribution in [3.63, 3.8) is 0 Å². The normalized spacial score (nSPS) is 16.5. The van der Waals surface area contributed by atoms with Gasteiger partial charge < -0.3 is 14.4 Å². The molecule has 14 heteroatoms. The molecule has 0 aliphatic carbocycles. The fourth-order valence-electron chi connectivity index (χ4n) is 7.42. The number of ether oxygens (including phenoxy) is 2. The van der Waals surface area contributed by atoms with E-state index in [0.717, 1.165) is 40.9 Å². The van der Waals surface area contributed by atoms with Gasteiger partial charge in [0.1, 0.15) is 23.7 Å². The van der Waals surface area contributed by atoms with Gasteiger partial charge in [-0.25, -0.2) is 13.9 Å². The number of fused-ring (bicyclic) bond motifs is 2. The van der Waals surface area contributed by atoms with Crippen molar-refractivity contribution in [1.82, 2.24) is 29.4 Å². The first-order valence-electron chi connectivity index (χ1n) is 18.3. The van der Waals surface area contributed by atoms with Gasteiger partial charge in [0.05, 0.1) is 52.8 Å². The minimum atomic E-state index is -0.875. The second kappa shape index (κ2) is 15.4. The highest BCUT2D eigenvalue weighted by Gasteiger charge is 2.42. The maximum atomic E-state index is 13.7. The fraction of sp³-hybridized carbons (Fsp3) is 0.238. The van der Waals surface area contributed by atoms with E-state index >= 15 is 0 Å². The summed E-state index contributed by atoms with van der Waals surface area (Å²) in [7, 11) is 1.28. The number of rotatable bonds is 12. The van der Waals surface area contributed by atoms with E-state index in [2.05, 4.69) is 5.10 Å². The molecule has 0 unspecified atom stereocenters. The van der Waals surface area contributed by atoms with Crippen molar-refractivity contribution in [3.8, 4) is 22.6 Å². The van der Waals surface area contributed by atoms with Crippen LogP contribution in [0.4, 0.5) is 4.39 Å². The van der Waals surface area contributed by atoms with Crippen LogP contribution in [0.5, 0.6) is 5.75 Å². The molecule has 3 amide bonds. The topological polar surface area (TPSA) is 129 Å². The number of nitrogens with zero attached hydrogens (tertiary/aromatic N) is 6. The number of unbranched alkanes of at least 4 members (excludes halogenated alkanes) is 2. The van der Waals surface area contributed by atoms with Gasteiger partial charge in [-0.3, -0.25) is 24.0 Å². The van der Waals surface area contributed by atoms with Gasteiger partial charge in [0, 0.05) is 37.3 Å². The predicted octanol–water partition coefficient (Wildman–Crippen LogP) is 6.98. The molecule has 2 atom stereocenters. The number of likely N-dealkylation sites (tertiary alicyclic amines) is 1. The highest BCUT2D eigenvalue weighted by Crippen LogP contribution is 2.33. The highest BCUT2D eigenvalue weighted by molar-refractivity contribution is 6.32. The summed E-state index contributed by atoms with van der Waals surface area (Å²) in [5.41, 5.74) is 4.28. The van der Waals surface area contributed by atoms with E-state index in [0.29, 0.717) is 42.1 Å². The van der Waals surface area contributed by atoms with Crippen LogP contribution in [0.2, 0.25) is 5.02 Å². The third kappa shape index (κ3) is 7.13. The van der Waals surface area contributed by atoms with E-state index in [1.54, 1.807) is 24.3 Å². The monoisotopic (exact) mass is 774 g/mol. The average Bonchev–Trinajstić information content (AvgIpc) is 4.00. The Bertz CT molecular complexity index is 2460. The van der Waals surface area contributed by atoms with Crippen molar-refractivity contribution < 1.29 is 33.0 Å². The fourth-order valence-corrected chi connectivity index (χ4v) is 7.67. The lowest BCUT2D eigenvalue weighted by atomic mass is 10.0. The summed E-state index contributed by atoms with van der Waals surface area (Å²) in [5, 5.41) is 10.1. The zero-order valence-corrected chi connectivity index (χ0v) is 31.1. The van der Waals surface area contributed by atoms with Crippen molar-refractivity contribution in [2.24, 2.45) is 0 Å². The average molecular weight is 775 g/mol. The molecular weight excluding hydrogens is 739 g/mol. The molecule has 284 valence electrons. The number of hydrogen-bond donors (Lipinski definition) is 0. The molecule has 1 fully saturated rings. The second-order valence-electron chi connectivity index (χ2n) is 13.8. The Morgan fingerprint density at radius 1 is 0.875 bits per heavy atom. The van der Waals surface area contributed by atoms with Crippen LogP contribution in [0.3, 0.4) is 0 Å². The van der Waals surface area contributed by atoms with Gasteiger partial charge in [0.2, 0.25) is 0 Å². The first-order chi connectivity index (χ1) is 27.2. The largest absolute Gasteiger partial charge is 0.488 e. The molecule has 0 bridgehead atoms. The molecule has 2 aliphatic heterocycles. The second-order valence-corrected chi connectivity index (χ2v) is 14.2. The van der Waals surface area contributed by atoms with Gasteiger partial charge >= 0.3 is 5.97 Å². The third-order valence-electron chi connectivity index (χ3n) is 10.2. The van der Waals surface area contributed by atoms with Gasteiger partial charge in [-0.2, -0.15) is 10.2 Å². The van der Waals surface area contributed by atoms with Crippen molar-refractivity contribution in [3.05, 3.63) is 131 Å². The lowest BCUT2D eigenvalue weighted by Gasteiger charge is -2.21. The summed E-state index contributed by atoms with van der Waals surface area (Å²) in [6.45, 7) is 1.19. The van der Waals surface area contributed by atoms with Gasteiger partial charge in [-0.15, -0.1) is 0 Å². The minimum Gasteiger partial charge on any atom is -0.488 e. The number of aromatic nitrogens is 4. The molecule has 0 saturated carbocycles. The molecule has 4 heterocycles. The van der Waals surface area contributed by atoms with Crippen LogP contribution in [-0.4, -0.2) is 85.4 Å². The quantitative estimate of drug-likeness (QED) is 0.0740. The maximum absolute atomic E-state index is 13.7. The van der Waals surface area contributed by atoms with Crippen LogP contribution in [0.1, 0.15) is 56.8 Å². The minimum absolute atomic E-state index is 0.131. The van der Waals surface area contributed by atoms with Gasteiger partial charge in [0.15, 0.2) is 0 Å². The Morgan fingerprint density at radius 2 is 1.62 bits per heavy atom. The summed E-state index contributed by atoms with van der Waals surface area (Å²) < 4.78 is 28.4. The Balaban J connectivity index is 0.912. The smallest absolute Gasteiger partial charge is 0.328 e. The van der Waals surface area contributed by atoms with Crippen LogP contribution in [0.15, 0.2) is 104 Å². The van der Waals surface area contributed by atoms with Crippen LogP contribution in [0.25, 0.3) is 27.7 Å². The number of aryl methyl sites for hydroxylation is 1. The van der Waals surface area contributed by atoms with Crippen molar-refractivity contribution in [2.75, 3.05) is 20.2 Å². The van der Waals surface area contributed by atoms with Gasteiger partial charge in [-0.05, 0) is 78.9 Å². The first-order valence-corrected chi connectivity index (χ1v) is 18.6. The number of imide groups is 1. The number of benzene rings is 4. The van der Waals surface area contributed by atoms with E-state index in [1.807, 2.05) is 53.3 Å². The van der Waals surface area contributed by atoms with Gasteiger partial charge in [0.25, 0.3) is 17.7 Å². The van der Waals surface area contributed by atoms with E-state index < -0.39 is 29.8 Å². The summed E-state index contributed by atoms with van der Waals surface area (Å²) in [4.78, 5) is 54.7. The number of amides is 3. The molecule has 4 aromatic carbocycles. The number of esters is 1. The molecular formula is C42H36ClFN6O6. The molecule has 0 radical (unpaired) electrons. The van der Waals surface area contributed by atoms with Crippen LogP contribution < -0.4 is 4.74 Å². The molecule has 1 saturated heterocycles.